The van der Waals surface area contributed by atoms with Crippen molar-refractivity contribution in [2.75, 3.05) is 80.3 Å². The van der Waals surface area contributed by atoms with Gasteiger partial charge >= 0.3 is 6.09 Å². The van der Waals surface area contributed by atoms with Crippen LogP contribution < -0.4 is 21.7 Å². The predicted molar refractivity (Wildman–Crippen MR) is 529 cm³/mol. The normalized spacial score (nSPS) is 13.8. The molecule has 0 fully saturated rings. The number of carbonyl (C=O) groups excluding carboxylic acids is 4. The molecule has 6 N–H and O–H groups in total. The van der Waals surface area contributed by atoms with E-state index in [4.69, 9.17) is 25.0 Å². The zero-order chi connectivity index (χ0) is 93.2. The summed E-state index contributed by atoms with van der Waals surface area (Å²) in [6, 6.07) is 70.2. The summed E-state index contributed by atoms with van der Waals surface area (Å²) < 4.78 is 47.1. The molecule has 5 aromatic heterocycles. The van der Waals surface area contributed by atoms with E-state index in [-0.39, 0.29) is 23.1 Å². The Labute approximate surface area is 785 Å². The first-order valence-corrected chi connectivity index (χ1v) is 49.3. The number of fused-ring (bicyclic) bond motifs is 5. The number of anilines is 6. The lowest BCUT2D eigenvalue weighted by Crippen LogP contribution is -2.33. The van der Waals surface area contributed by atoms with Crippen molar-refractivity contribution >= 4 is 89.2 Å². The zero-order valence-electron chi connectivity index (χ0n) is 77.2. The highest BCUT2D eigenvalue weighted by Gasteiger charge is 2.30. The summed E-state index contributed by atoms with van der Waals surface area (Å²) >= 11 is 1.51. The standard InChI is InChI=1S/C32H33N3O.C28H33N3O4S.C27H28N4O2S.C21H28FN3O2/c1-24-33-31-19-21-35(23-30(31)32(34-24)28-10-6-3-7-11-28)20-18-26-12-14-27(15-13-26)22-29(36)17-16-25-8-4-2-5-9-25;1-28(2,3)35-27(34)30-22-16-20(32)12-11-18(22)10-7-14-31-15-13-21-23(17-31)36-26(29)24(21)25(33)19-8-5-4-6-9-19;1-34(32,33)19-21-8-6-20(7-9-21)11-14-31-15-12-25-23(18-31)10-13-28-27(25)30-24-16-22-4-2-3-5-26(22)29-17-24;1-2-7-18(26)10-4-3-5-12-25-13-11-20-19(15-25)21(24-27-20)23-17-9-6-8-16(22)14-17/h2-15H,16-23H2,1H3;4-6,8-9,11-12,16,32H,7,10,13-15,17,29H2,1-3H3,(H,30,34);2-10,13,16-17H,11-12,14-15,18-19H2,1H3,(H,28,30);6,8-9,14H,2-5,7,10-13,15H2,1H3,(H,23,24). The smallest absolute Gasteiger partial charge is 0.412 e. The predicted octanol–water partition coefficient (Wildman–Crippen LogP) is 20.8. The summed E-state index contributed by atoms with van der Waals surface area (Å²) in [6.07, 6.45) is 19.0. The van der Waals surface area contributed by atoms with E-state index in [0.29, 0.717) is 70.6 Å². The number of aromatic nitrogens is 5. The highest BCUT2D eigenvalue weighted by Crippen LogP contribution is 2.39. The number of rotatable bonds is 33. The van der Waals surface area contributed by atoms with Crippen molar-refractivity contribution in [3.63, 3.8) is 0 Å². The number of Topliss-reactive ketones (excluding diaryl/α,β-unsaturated/α-hetero) is 2. The third-order valence-corrected chi connectivity index (χ3v) is 26.2. The van der Waals surface area contributed by atoms with Crippen molar-refractivity contribution in [1.29, 1.82) is 0 Å². The second-order valence-electron chi connectivity index (χ2n) is 35.9. The number of phenols is 1. The van der Waals surface area contributed by atoms with E-state index in [2.05, 4.69) is 130 Å². The van der Waals surface area contributed by atoms with E-state index in [1.54, 1.807) is 18.2 Å². The molecule has 0 saturated carbocycles. The number of hydrogen-bond donors (Lipinski definition) is 5. The summed E-state index contributed by atoms with van der Waals surface area (Å²) in [5.41, 5.74) is 26.2. The van der Waals surface area contributed by atoms with Crippen LogP contribution in [0.5, 0.6) is 5.75 Å². The molecule has 13 aromatic rings. The third-order valence-electron chi connectivity index (χ3n) is 24.2. The van der Waals surface area contributed by atoms with Crippen molar-refractivity contribution in [3.05, 3.63) is 331 Å². The molecule has 692 valence electrons. The Bertz CT molecular complexity index is 6210. The number of halogens is 1. The van der Waals surface area contributed by atoms with Gasteiger partial charge in [-0.2, -0.15) is 0 Å². The Hall–Kier alpha value is -12.5. The van der Waals surface area contributed by atoms with Crippen molar-refractivity contribution in [2.24, 2.45) is 0 Å². The van der Waals surface area contributed by atoms with Gasteiger partial charge in [0.2, 0.25) is 0 Å². The fourth-order valence-corrected chi connectivity index (χ4v) is 19.4. The van der Waals surface area contributed by atoms with Crippen molar-refractivity contribution in [3.8, 4) is 17.0 Å². The van der Waals surface area contributed by atoms with Crippen LogP contribution in [-0.4, -0.2) is 146 Å². The molecule has 9 heterocycles. The number of para-hydroxylation sites is 1. The van der Waals surface area contributed by atoms with Gasteiger partial charge in [-0.15, -0.1) is 11.3 Å². The number of ether oxygens (including phenoxy) is 1. The maximum absolute atomic E-state index is 13.4. The van der Waals surface area contributed by atoms with Crippen LogP contribution in [-0.2, 0) is 114 Å². The molecular weight excluding hydrogens is 1710 g/mol. The van der Waals surface area contributed by atoms with Gasteiger partial charge in [0, 0.05) is 161 Å². The number of nitrogens with two attached hydrogens (primary N) is 1. The fourth-order valence-electron chi connectivity index (χ4n) is 17.4. The molecular formula is C108H122FN13O9S2. The largest absolute Gasteiger partial charge is 0.508 e. The quantitative estimate of drug-likeness (QED) is 0.0189. The number of sulfone groups is 1. The van der Waals surface area contributed by atoms with Gasteiger partial charge in [-0.05, 0) is 192 Å². The average molecular weight is 1830 g/mol. The number of hydrogen-bond acceptors (Lipinski definition) is 22. The number of nitrogens with zero attached hydrogens (tertiary/aromatic N) is 9. The van der Waals surface area contributed by atoms with Crippen molar-refractivity contribution in [2.45, 2.75) is 181 Å². The van der Waals surface area contributed by atoms with Crippen LogP contribution >= 0.6 is 11.3 Å². The Kier molecular flexibility index (Phi) is 33.9. The van der Waals surface area contributed by atoms with Crippen LogP contribution in [0, 0.1) is 12.7 Å². The van der Waals surface area contributed by atoms with Crippen LogP contribution in [0.4, 0.5) is 42.9 Å². The first-order valence-electron chi connectivity index (χ1n) is 46.4. The zero-order valence-corrected chi connectivity index (χ0v) is 78.8. The highest BCUT2D eigenvalue weighted by atomic mass is 32.2. The number of nitrogen functional groups attached to an aromatic ring is 1. The summed E-state index contributed by atoms with van der Waals surface area (Å²) in [5, 5.41) is 25.2. The van der Waals surface area contributed by atoms with E-state index >= 15 is 0 Å². The molecule has 22 nitrogen and oxygen atoms in total. The van der Waals surface area contributed by atoms with Crippen LogP contribution in [0.2, 0.25) is 0 Å². The molecule has 4 aliphatic heterocycles. The Balaban J connectivity index is 0.000000143. The molecule has 4 aliphatic rings. The Morgan fingerprint density at radius 3 is 1.94 bits per heavy atom. The van der Waals surface area contributed by atoms with Crippen LogP contribution in [0.15, 0.2) is 235 Å². The number of aryl methyl sites for hydroxylation is 3. The summed E-state index contributed by atoms with van der Waals surface area (Å²) in [7, 11) is -3.00. The maximum atomic E-state index is 13.4. The van der Waals surface area contributed by atoms with Gasteiger partial charge in [0.05, 0.1) is 56.4 Å². The van der Waals surface area contributed by atoms with E-state index in [1.165, 1.54) is 68.8 Å². The topological polar surface area (TPSA) is 285 Å². The Morgan fingerprint density at radius 2 is 1.21 bits per heavy atom. The van der Waals surface area contributed by atoms with Crippen molar-refractivity contribution in [1.82, 2.24) is 44.7 Å². The third kappa shape index (κ3) is 28.8. The summed E-state index contributed by atoms with van der Waals surface area (Å²) in [4.78, 5) is 78.9. The molecule has 0 atom stereocenters. The minimum absolute atomic E-state index is 0.00334. The first kappa shape index (κ1) is 96.6. The maximum Gasteiger partial charge on any atom is 0.412 e. The van der Waals surface area contributed by atoms with Gasteiger partial charge in [-0.3, -0.25) is 44.3 Å². The molecule has 0 unspecified atom stereocenters. The summed E-state index contributed by atoms with van der Waals surface area (Å²) in [6.45, 7) is 20.4. The molecule has 8 aromatic carbocycles. The number of benzene rings is 8. The van der Waals surface area contributed by atoms with Gasteiger partial charge in [0.1, 0.15) is 46.1 Å². The fraction of sp³-hybridized carbons (Fsp3) is 0.343. The Morgan fingerprint density at radius 1 is 0.571 bits per heavy atom. The van der Waals surface area contributed by atoms with E-state index in [9.17, 15) is 37.1 Å². The number of unbranched alkanes of at least 4 members (excludes halogenated alkanes) is 2. The SMILES string of the molecule is CC(C)(C)OC(=O)Nc1cc(O)ccc1CCCN1CCc2c(sc(N)c2C(=O)c2ccccc2)C1.CCCC(=O)CCCCCN1CCc2onc(Nc3cccc(F)c3)c2C1.CS(=O)(=O)Cc1ccc(CCN2CCc3c(ccnc3Nc3cnc4ccccc4c3)C2)cc1.Cc1nc2c(c(-c3ccccc3)n1)CN(CCc1ccc(CC(=O)CCc3ccccc3)cc1)CC2. The second-order valence-corrected chi connectivity index (χ2v) is 39.2. The first-order chi connectivity index (χ1) is 64.3. The molecule has 0 aliphatic carbocycles. The molecule has 0 radical (unpaired) electrons. The molecule has 0 bridgehead atoms. The molecule has 25 heteroatoms. The number of thiophene rings is 1. The molecule has 0 spiro atoms. The van der Waals surface area contributed by atoms with E-state index < -0.39 is 21.5 Å². The molecule has 17 rings (SSSR count). The second kappa shape index (κ2) is 46.7. The van der Waals surface area contributed by atoms with Gasteiger partial charge < -0.3 is 30.7 Å². The lowest BCUT2D eigenvalue weighted by molar-refractivity contribution is -0.119. The molecule has 1 amide bonds. The van der Waals surface area contributed by atoms with Crippen LogP contribution in [0.25, 0.3) is 22.2 Å². The number of pyridine rings is 2. The lowest BCUT2D eigenvalue weighted by Gasteiger charge is -2.29. The number of nitrogens with one attached hydrogen (secondary N) is 3. The molecule has 0 saturated heterocycles. The van der Waals surface area contributed by atoms with Crippen LogP contribution in [0.1, 0.15) is 178 Å². The lowest BCUT2D eigenvalue weighted by atomic mass is 9.96. The molecule has 133 heavy (non-hydrogen) atoms. The monoisotopic (exact) mass is 1830 g/mol. The van der Waals surface area contributed by atoms with Gasteiger partial charge in [0.25, 0.3) is 0 Å². The number of ketones is 3. The van der Waals surface area contributed by atoms with E-state index in [1.807, 2.05) is 156 Å². The van der Waals surface area contributed by atoms with Gasteiger partial charge in [-0.25, -0.2) is 32.6 Å². The van der Waals surface area contributed by atoms with E-state index in [0.717, 1.165) is 240 Å². The number of aromatic hydroxyl groups is 1. The summed E-state index contributed by atoms with van der Waals surface area (Å²) in [5.74, 6) is 3.92. The van der Waals surface area contributed by atoms with Crippen LogP contribution in [0.3, 0.4) is 0 Å². The number of carbonyl (C=O) groups is 4. The minimum atomic E-state index is -3.00. The van der Waals surface area contributed by atoms with Gasteiger partial charge in [-0.1, -0.05) is 188 Å². The number of phenolic OH excluding ortho intramolecular Hbond substituents is 1. The number of amides is 1. The highest BCUT2D eigenvalue weighted by molar-refractivity contribution is 7.89. The van der Waals surface area contributed by atoms with Gasteiger partial charge in [0.15, 0.2) is 21.4 Å². The minimum Gasteiger partial charge on any atom is -0.508 e. The van der Waals surface area contributed by atoms with Crippen molar-refractivity contribution < 1.29 is 46.4 Å². The average Bonchev–Trinajstić information content (AvgIpc) is 1.64.